The van der Waals surface area contributed by atoms with E-state index in [0.717, 1.165) is 18.3 Å². The van der Waals surface area contributed by atoms with E-state index >= 15 is 0 Å². The van der Waals surface area contributed by atoms with Crippen molar-refractivity contribution in [1.29, 1.82) is 5.26 Å². The quantitative estimate of drug-likeness (QED) is 0.619. The van der Waals surface area contributed by atoms with E-state index in [1.165, 1.54) is 19.2 Å². The molecular weight excluding hydrogens is 347 g/mol. The average molecular weight is 361 g/mol. The fraction of sp³-hybridized carbons (Fsp3) is 0.111. The van der Waals surface area contributed by atoms with Crippen LogP contribution in [0.4, 0.5) is 24.5 Å². The van der Waals surface area contributed by atoms with Crippen LogP contribution in [0.5, 0.6) is 5.75 Å². The number of nitrogens with one attached hydrogen (secondary N) is 2. The molecule has 0 saturated heterocycles. The molecule has 2 aromatic carbocycles. The summed E-state index contributed by atoms with van der Waals surface area (Å²) < 4.78 is 43.9. The largest absolute Gasteiger partial charge is 0.497 e. The van der Waals surface area contributed by atoms with Gasteiger partial charge in [-0.3, -0.25) is 4.79 Å². The lowest BCUT2D eigenvalue weighted by atomic mass is 10.1. The molecule has 0 radical (unpaired) electrons. The highest BCUT2D eigenvalue weighted by atomic mass is 19.4. The van der Waals surface area contributed by atoms with Crippen molar-refractivity contribution in [3.8, 4) is 11.8 Å². The lowest BCUT2D eigenvalue weighted by molar-refractivity contribution is -0.137. The summed E-state index contributed by atoms with van der Waals surface area (Å²) in [5, 5.41) is 14.0. The van der Waals surface area contributed by atoms with Crippen molar-refractivity contribution in [3.05, 3.63) is 65.9 Å². The number of ether oxygens (including phenoxy) is 1. The number of hydrogen-bond acceptors (Lipinski definition) is 4. The molecular formula is C18H14F3N3O2. The highest BCUT2D eigenvalue weighted by Gasteiger charge is 2.33. The van der Waals surface area contributed by atoms with Gasteiger partial charge in [0.15, 0.2) is 0 Å². The first-order valence-electron chi connectivity index (χ1n) is 7.33. The summed E-state index contributed by atoms with van der Waals surface area (Å²) in [5.41, 5.74) is -1.22. The number of alkyl halides is 3. The Morgan fingerprint density at radius 1 is 1.15 bits per heavy atom. The number of carbonyl (C=O) groups is 1. The van der Waals surface area contributed by atoms with E-state index in [1.54, 1.807) is 30.3 Å². The number of nitrogens with zero attached hydrogens (tertiary/aromatic N) is 1. The first-order chi connectivity index (χ1) is 12.3. The third-order valence-corrected chi connectivity index (χ3v) is 3.32. The highest BCUT2D eigenvalue weighted by Crippen LogP contribution is 2.34. The number of halogens is 3. The van der Waals surface area contributed by atoms with Crippen molar-refractivity contribution >= 4 is 17.3 Å². The standard InChI is InChI=1S/C18H14F3N3O2/c1-26-14-8-6-13(7-9-14)23-11-12(10-22)17(25)24-16-5-3-2-4-15(16)18(19,20)21/h2-9,11,23H,1H3,(H,24,25)/b12-11-. The second-order valence-electron chi connectivity index (χ2n) is 5.04. The van der Waals surface area contributed by atoms with Crippen LogP contribution < -0.4 is 15.4 Å². The number of benzene rings is 2. The molecule has 2 rings (SSSR count). The minimum absolute atomic E-state index is 0.377. The Bertz CT molecular complexity index is 853. The lowest BCUT2D eigenvalue weighted by Gasteiger charge is -2.13. The fourth-order valence-electron chi connectivity index (χ4n) is 2.02. The summed E-state index contributed by atoms with van der Waals surface area (Å²) >= 11 is 0. The van der Waals surface area contributed by atoms with Gasteiger partial charge >= 0.3 is 6.18 Å². The van der Waals surface area contributed by atoms with Gasteiger partial charge in [-0.1, -0.05) is 12.1 Å². The number of carbonyl (C=O) groups excluding carboxylic acids is 1. The minimum atomic E-state index is -4.62. The molecule has 0 bridgehead atoms. The number of hydrogen-bond donors (Lipinski definition) is 2. The summed E-state index contributed by atoms with van der Waals surface area (Å²) in [6.45, 7) is 0. The molecule has 0 aromatic heterocycles. The molecule has 0 aliphatic rings. The van der Waals surface area contributed by atoms with Crippen molar-refractivity contribution in [2.75, 3.05) is 17.7 Å². The number of amides is 1. The summed E-state index contributed by atoms with van der Waals surface area (Å²) in [7, 11) is 1.51. The van der Waals surface area contributed by atoms with Crippen LogP contribution in [0.3, 0.4) is 0 Å². The van der Waals surface area contributed by atoms with Crippen LogP contribution in [0.2, 0.25) is 0 Å². The van der Waals surface area contributed by atoms with E-state index < -0.39 is 23.3 Å². The summed E-state index contributed by atoms with van der Waals surface area (Å²) in [6.07, 6.45) is -3.50. The van der Waals surface area contributed by atoms with E-state index in [9.17, 15) is 18.0 Å². The lowest BCUT2D eigenvalue weighted by Crippen LogP contribution is -2.18. The van der Waals surface area contributed by atoms with E-state index in [4.69, 9.17) is 10.00 Å². The van der Waals surface area contributed by atoms with Gasteiger partial charge in [0.05, 0.1) is 18.4 Å². The molecule has 0 unspecified atom stereocenters. The van der Waals surface area contributed by atoms with Crippen molar-refractivity contribution in [3.63, 3.8) is 0 Å². The summed E-state index contributed by atoms with van der Waals surface area (Å²) in [6, 6.07) is 12.8. The van der Waals surface area contributed by atoms with Gasteiger partial charge in [0.1, 0.15) is 17.4 Å². The fourth-order valence-corrected chi connectivity index (χ4v) is 2.02. The van der Waals surface area contributed by atoms with E-state index in [2.05, 4.69) is 10.6 Å². The third kappa shape index (κ3) is 4.77. The molecule has 0 heterocycles. The Balaban J connectivity index is 2.15. The highest BCUT2D eigenvalue weighted by molar-refractivity contribution is 6.07. The smallest absolute Gasteiger partial charge is 0.418 e. The van der Waals surface area contributed by atoms with Gasteiger partial charge in [-0.05, 0) is 36.4 Å². The number of rotatable bonds is 5. The monoisotopic (exact) mass is 361 g/mol. The first kappa shape index (κ1) is 18.9. The van der Waals surface area contributed by atoms with Gasteiger partial charge in [-0.2, -0.15) is 18.4 Å². The number of nitriles is 1. The Hall–Kier alpha value is -3.47. The molecule has 8 heteroatoms. The third-order valence-electron chi connectivity index (χ3n) is 3.32. The van der Waals surface area contributed by atoms with Gasteiger partial charge < -0.3 is 15.4 Å². The molecule has 2 aromatic rings. The van der Waals surface area contributed by atoms with Crippen molar-refractivity contribution in [2.45, 2.75) is 6.18 Å². The first-order valence-corrected chi connectivity index (χ1v) is 7.33. The zero-order valence-electron chi connectivity index (χ0n) is 13.6. The molecule has 26 heavy (non-hydrogen) atoms. The van der Waals surface area contributed by atoms with Gasteiger partial charge in [-0.15, -0.1) is 0 Å². The predicted molar refractivity (Wildman–Crippen MR) is 90.4 cm³/mol. The Kier molecular flexibility index (Phi) is 5.86. The van der Waals surface area contributed by atoms with Crippen LogP contribution in [0.15, 0.2) is 60.3 Å². The maximum atomic E-state index is 13.0. The average Bonchev–Trinajstić information content (AvgIpc) is 2.62. The Morgan fingerprint density at radius 2 is 1.81 bits per heavy atom. The molecule has 0 saturated carbocycles. The molecule has 0 spiro atoms. The molecule has 0 aliphatic heterocycles. The zero-order chi connectivity index (χ0) is 19.2. The minimum Gasteiger partial charge on any atom is -0.497 e. The maximum Gasteiger partial charge on any atom is 0.418 e. The van der Waals surface area contributed by atoms with Gasteiger partial charge in [0.2, 0.25) is 0 Å². The van der Waals surface area contributed by atoms with Gasteiger partial charge in [0.25, 0.3) is 5.91 Å². The maximum absolute atomic E-state index is 13.0. The normalized spacial score (nSPS) is 11.4. The zero-order valence-corrected chi connectivity index (χ0v) is 13.6. The number of anilines is 2. The van der Waals surface area contributed by atoms with Crippen molar-refractivity contribution < 1.29 is 22.7 Å². The number of para-hydroxylation sites is 1. The molecule has 5 nitrogen and oxygen atoms in total. The topological polar surface area (TPSA) is 74.1 Å². The van der Waals surface area contributed by atoms with Crippen LogP contribution in [0.25, 0.3) is 0 Å². The van der Waals surface area contributed by atoms with E-state index in [1.807, 2.05) is 0 Å². The SMILES string of the molecule is COc1ccc(N/C=C(/C#N)C(=O)Nc2ccccc2C(F)(F)F)cc1. The van der Waals surface area contributed by atoms with Crippen LogP contribution in [-0.2, 0) is 11.0 Å². The molecule has 2 N–H and O–H groups in total. The van der Waals surface area contributed by atoms with Crippen molar-refractivity contribution in [2.24, 2.45) is 0 Å². The van der Waals surface area contributed by atoms with Crippen molar-refractivity contribution in [1.82, 2.24) is 0 Å². The molecule has 0 fully saturated rings. The number of methoxy groups -OCH3 is 1. The summed E-state index contributed by atoms with van der Waals surface area (Å²) in [4.78, 5) is 12.1. The predicted octanol–water partition coefficient (Wildman–Crippen LogP) is 4.17. The van der Waals surface area contributed by atoms with E-state index in [-0.39, 0.29) is 5.57 Å². The Labute approximate surface area is 147 Å². The van der Waals surface area contributed by atoms with E-state index in [0.29, 0.717) is 11.4 Å². The second-order valence-corrected chi connectivity index (χ2v) is 5.04. The van der Waals surface area contributed by atoms with Gasteiger partial charge in [-0.25, -0.2) is 0 Å². The second kappa shape index (κ2) is 8.07. The Morgan fingerprint density at radius 3 is 2.38 bits per heavy atom. The van der Waals surface area contributed by atoms with Crippen LogP contribution in [0, 0.1) is 11.3 Å². The summed E-state index contributed by atoms with van der Waals surface area (Å²) in [5.74, 6) is -0.327. The van der Waals surface area contributed by atoms with Gasteiger partial charge in [0, 0.05) is 11.9 Å². The van der Waals surface area contributed by atoms with Crippen LogP contribution in [-0.4, -0.2) is 13.0 Å². The van der Waals surface area contributed by atoms with Crippen LogP contribution >= 0.6 is 0 Å². The molecule has 134 valence electrons. The van der Waals surface area contributed by atoms with Crippen LogP contribution in [0.1, 0.15) is 5.56 Å². The molecule has 0 aliphatic carbocycles. The molecule has 1 amide bonds. The molecule has 0 atom stereocenters.